The molecule has 0 bridgehead atoms. The minimum atomic E-state index is -1.03. The van der Waals surface area contributed by atoms with Crippen LogP contribution in [-0.2, 0) is 0 Å². The first-order chi connectivity index (χ1) is 7.70. The second-order valence-corrected chi connectivity index (χ2v) is 3.52. The smallest absolute Gasteiger partial charge is 0.121 e. The second kappa shape index (κ2) is 4.24. The quantitative estimate of drug-likeness (QED) is 0.721. The van der Waals surface area contributed by atoms with Crippen molar-refractivity contribution >= 4 is 0 Å². The number of phenolic OH excluding ortho intramolecular Hbond substituents is 2. The lowest BCUT2D eigenvalue weighted by molar-refractivity contribution is 0.211. The van der Waals surface area contributed by atoms with E-state index in [-0.39, 0.29) is 11.5 Å². The van der Waals surface area contributed by atoms with Crippen molar-refractivity contribution in [3.63, 3.8) is 0 Å². The molecule has 0 aliphatic carbocycles. The topological polar surface area (TPSA) is 60.7 Å². The fourth-order valence-electron chi connectivity index (χ4n) is 1.61. The third-order valence-corrected chi connectivity index (χ3v) is 2.46. The normalized spacial score (nSPS) is 10.6. The van der Waals surface area contributed by atoms with E-state index >= 15 is 0 Å². The Kier molecular flexibility index (Phi) is 2.79. The van der Waals surface area contributed by atoms with Gasteiger partial charge in [-0.25, -0.2) is 0 Å². The Balaban J connectivity index is 2.44. The van der Waals surface area contributed by atoms with Crippen molar-refractivity contribution in [1.82, 2.24) is 0 Å². The molecule has 0 aromatic heterocycles. The summed E-state index contributed by atoms with van der Waals surface area (Å²) in [6.07, 6.45) is -1.03. The fourth-order valence-corrected chi connectivity index (χ4v) is 1.61. The molecule has 0 fully saturated rings. The van der Waals surface area contributed by atoms with Crippen LogP contribution >= 0.6 is 0 Å². The van der Waals surface area contributed by atoms with Crippen LogP contribution in [-0.4, -0.2) is 15.3 Å². The van der Waals surface area contributed by atoms with Crippen LogP contribution in [0.15, 0.2) is 48.5 Å². The average molecular weight is 216 g/mol. The summed E-state index contributed by atoms with van der Waals surface area (Å²) >= 11 is 0. The molecule has 0 saturated heterocycles. The summed E-state index contributed by atoms with van der Waals surface area (Å²) in [6.45, 7) is 0. The molecular weight excluding hydrogens is 204 g/mol. The van der Waals surface area contributed by atoms with Crippen LogP contribution in [0, 0.1) is 0 Å². The number of rotatable bonds is 2. The molecule has 3 nitrogen and oxygen atoms in total. The van der Waals surface area contributed by atoms with Gasteiger partial charge in [0.05, 0.1) is 0 Å². The molecule has 3 heteroatoms. The van der Waals surface area contributed by atoms with E-state index in [1.807, 2.05) is 0 Å². The summed E-state index contributed by atoms with van der Waals surface area (Å²) in [5.41, 5.74) is 0.757. The largest absolute Gasteiger partial charge is 0.508 e. The molecule has 0 aliphatic heterocycles. The molecule has 0 amide bonds. The van der Waals surface area contributed by atoms with Crippen LogP contribution in [0.5, 0.6) is 11.5 Å². The first-order valence-electron chi connectivity index (χ1n) is 4.94. The van der Waals surface area contributed by atoms with Crippen LogP contribution in [0.1, 0.15) is 17.2 Å². The number of hydrogen-bond donors (Lipinski definition) is 3. The van der Waals surface area contributed by atoms with Gasteiger partial charge in [-0.1, -0.05) is 36.4 Å². The van der Waals surface area contributed by atoms with Gasteiger partial charge in [0.15, 0.2) is 0 Å². The second-order valence-electron chi connectivity index (χ2n) is 3.52. The standard InChI is InChI=1S/C13H12O3/c14-11-7-3-1-5-9(11)13(16)10-6-2-4-8-12(10)15/h1-8,13-16H. The van der Waals surface area contributed by atoms with Gasteiger partial charge in [0.25, 0.3) is 0 Å². The Morgan fingerprint density at radius 1 is 0.688 bits per heavy atom. The molecule has 0 heterocycles. The number of benzene rings is 2. The van der Waals surface area contributed by atoms with E-state index in [1.54, 1.807) is 36.4 Å². The third-order valence-electron chi connectivity index (χ3n) is 2.46. The van der Waals surface area contributed by atoms with E-state index in [0.29, 0.717) is 11.1 Å². The van der Waals surface area contributed by atoms with Crippen molar-refractivity contribution in [3.8, 4) is 11.5 Å². The molecule has 2 rings (SSSR count). The molecular formula is C13H12O3. The lowest BCUT2D eigenvalue weighted by Gasteiger charge is -2.13. The minimum Gasteiger partial charge on any atom is -0.508 e. The van der Waals surface area contributed by atoms with E-state index in [9.17, 15) is 15.3 Å². The van der Waals surface area contributed by atoms with E-state index in [2.05, 4.69) is 0 Å². The van der Waals surface area contributed by atoms with Gasteiger partial charge in [-0.05, 0) is 12.1 Å². The minimum absolute atomic E-state index is 0.0123. The zero-order chi connectivity index (χ0) is 11.5. The maximum atomic E-state index is 10.0. The van der Waals surface area contributed by atoms with Gasteiger partial charge in [-0.3, -0.25) is 0 Å². The van der Waals surface area contributed by atoms with Crippen molar-refractivity contribution in [2.24, 2.45) is 0 Å². The molecule has 0 spiro atoms. The van der Waals surface area contributed by atoms with Crippen molar-refractivity contribution in [2.75, 3.05) is 0 Å². The molecule has 0 atom stereocenters. The molecule has 2 aromatic carbocycles. The van der Waals surface area contributed by atoms with Crippen molar-refractivity contribution in [2.45, 2.75) is 6.10 Å². The first kappa shape index (κ1) is 10.5. The molecule has 0 saturated carbocycles. The highest BCUT2D eigenvalue weighted by Gasteiger charge is 2.16. The van der Waals surface area contributed by atoms with E-state index in [1.165, 1.54) is 12.1 Å². The first-order valence-corrected chi connectivity index (χ1v) is 4.94. The highest BCUT2D eigenvalue weighted by Crippen LogP contribution is 2.32. The van der Waals surface area contributed by atoms with Gasteiger partial charge in [0.2, 0.25) is 0 Å². The highest BCUT2D eigenvalue weighted by atomic mass is 16.3. The van der Waals surface area contributed by atoms with Gasteiger partial charge < -0.3 is 15.3 Å². The average Bonchev–Trinajstić information content (AvgIpc) is 2.29. The summed E-state index contributed by atoms with van der Waals surface area (Å²) in [6, 6.07) is 13.0. The number of aliphatic hydroxyl groups is 1. The van der Waals surface area contributed by atoms with Gasteiger partial charge in [-0.15, -0.1) is 0 Å². The van der Waals surface area contributed by atoms with Gasteiger partial charge >= 0.3 is 0 Å². The Morgan fingerprint density at radius 3 is 1.44 bits per heavy atom. The van der Waals surface area contributed by atoms with Gasteiger partial charge in [0.1, 0.15) is 17.6 Å². The molecule has 0 aliphatic rings. The van der Waals surface area contributed by atoms with Gasteiger partial charge in [0, 0.05) is 11.1 Å². The maximum absolute atomic E-state index is 10.0. The SMILES string of the molecule is Oc1ccccc1C(O)c1ccccc1O. The zero-order valence-corrected chi connectivity index (χ0v) is 8.54. The Morgan fingerprint density at radius 2 is 1.06 bits per heavy atom. The van der Waals surface area contributed by atoms with Crippen LogP contribution in [0.4, 0.5) is 0 Å². The molecule has 0 unspecified atom stereocenters. The molecule has 16 heavy (non-hydrogen) atoms. The van der Waals surface area contributed by atoms with Crippen LogP contribution in [0.25, 0.3) is 0 Å². The van der Waals surface area contributed by atoms with Gasteiger partial charge in [-0.2, -0.15) is 0 Å². The Hall–Kier alpha value is -2.00. The molecule has 3 N–H and O–H groups in total. The third kappa shape index (κ3) is 1.85. The predicted octanol–water partition coefficient (Wildman–Crippen LogP) is 2.18. The van der Waals surface area contributed by atoms with E-state index in [0.717, 1.165) is 0 Å². The zero-order valence-electron chi connectivity index (χ0n) is 8.54. The monoisotopic (exact) mass is 216 g/mol. The fraction of sp³-hybridized carbons (Fsp3) is 0.0769. The number of phenols is 2. The summed E-state index contributed by atoms with van der Waals surface area (Å²) in [4.78, 5) is 0. The summed E-state index contributed by atoms with van der Waals surface area (Å²) in [5, 5.41) is 29.2. The number of aromatic hydroxyl groups is 2. The number of aliphatic hydroxyl groups excluding tert-OH is 1. The Labute approximate surface area is 93.2 Å². The van der Waals surface area contributed by atoms with Crippen molar-refractivity contribution in [1.29, 1.82) is 0 Å². The summed E-state index contributed by atoms with van der Waals surface area (Å²) in [7, 11) is 0. The van der Waals surface area contributed by atoms with Crippen LogP contribution in [0.3, 0.4) is 0 Å². The van der Waals surface area contributed by atoms with Crippen LogP contribution < -0.4 is 0 Å². The molecule has 0 radical (unpaired) electrons. The van der Waals surface area contributed by atoms with Crippen LogP contribution in [0.2, 0.25) is 0 Å². The lowest BCUT2D eigenvalue weighted by atomic mass is 10.00. The number of hydrogen-bond acceptors (Lipinski definition) is 3. The highest BCUT2D eigenvalue weighted by molar-refractivity contribution is 5.43. The maximum Gasteiger partial charge on any atom is 0.121 e. The predicted molar refractivity (Wildman–Crippen MR) is 60.3 cm³/mol. The number of para-hydroxylation sites is 2. The van der Waals surface area contributed by atoms with Crippen molar-refractivity contribution in [3.05, 3.63) is 59.7 Å². The van der Waals surface area contributed by atoms with E-state index in [4.69, 9.17) is 0 Å². The van der Waals surface area contributed by atoms with Crippen molar-refractivity contribution < 1.29 is 15.3 Å². The molecule has 82 valence electrons. The molecule has 2 aromatic rings. The summed E-state index contributed by atoms with van der Waals surface area (Å²) in [5.74, 6) is 0.0245. The Bertz CT molecular complexity index is 449. The lowest BCUT2D eigenvalue weighted by Crippen LogP contribution is -2.00. The van der Waals surface area contributed by atoms with E-state index < -0.39 is 6.10 Å². The summed E-state index contributed by atoms with van der Waals surface area (Å²) < 4.78 is 0.